The number of nitrogens with two attached hydrogens (primary N) is 1. The first-order valence-corrected chi connectivity index (χ1v) is 7.04. The highest BCUT2D eigenvalue weighted by atomic mass is 16.2. The third-order valence-corrected chi connectivity index (χ3v) is 4.18. The fourth-order valence-electron chi connectivity index (χ4n) is 2.72. The van der Waals surface area contributed by atoms with Crippen LogP contribution in [-0.2, 0) is 0 Å². The molecule has 1 aliphatic carbocycles. The Bertz CT molecular complexity index is 488. The van der Waals surface area contributed by atoms with Crippen LogP contribution in [-0.4, -0.2) is 47.9 Å². The highest BCUT2D eigenvalue weighted by Gasteiger charge is 2.32. The zero-order chi connectivity index (χ0) is 13.4. The number of amides is 1. The second-order valence-electron chi connectivity index (χ2n) is 5.63. The summed E-state index contributed by atoms with van der Waals surface area (Å²) in [7, 11) is 0. The molecule has 1 saturated carbocycles. The maximum Gasteiger partial charge on any atom is 0.253 e. The van der Waals surface area contributed by atoms with Crippen molar-refractivity contribution in [2.75, 3.05) is 31.9 Å². The fraction of sp³-hybridized carbons (Fsp3) is 0.533. The van der Waals surface area contributed by atoms with E-state index in [-0.39, 0.29) is 5.91 Å². The Morgan fingerprint density at radius 2 is 1.89 bits per heavy atom. The SMILES string of the molecule is Cc1cc(C(=O)N2CCN(C3CC3)CC2)ccc1N. The zero-order valence-electron chi connectivity index (χ0n) is 11.4. The molecular weight excluding hydrogens is 238 g/mol. The van der Waals surface area contributed by atoms with Crippen molar-refractivity contribution in [2.45, 2.75) is 25.8 Å². The van der Waals surface area contributed by atoms with Crippen LogP contribution in [0.3, 0.4) is 0 Å². The van der Waals surface area contributed by atoms with E-state index >= 15 is 0 Å². The van der Waals surface area contributed by atoms with Gasteiger partial charge in [-0.15, -0.1) is 0 Å². The number of rotatable bonds is 2. The van der Waals surface area contributed by atoms with Gasteiger partial charge >= 0.3 is 0 Å². The van der Waals surface area contributed by atoms with Gasteiger partial charge in [-0.2, -0.15) is 0 Å². The molecule has 102 valence electrons. The van der Waals surface area contributed by atoms with Crippen LogP contribution >= 0.6 is 0 Å². The standard InChI is InChI=1S/C15H21N3O/c1-11-10-12(2-5-14(11)16)15(19)18-8-6-17(7-9-18)13-3-4-13/h2,5,10,13H,3-4,6-9,16H2,1H3. The number of anilines is 1. The molecule has 2 fully saturated rings. The molecule has 0 aromatic heterocycles. The smallest absolute Gasteiger partial charge is 0.253 e. The van der Waals surface area contributed by atoms with Gasteiger partial charge in [-0.3, -0.25) is 9.69 Å². The first-order chi connectivity index (χ1) is 9.15. The summed E-state index contributed by atoms with van der Waals surface area (Å²) in [6, 6.07) is 6.35. The van der Waals surface area contributed by atoms with Crippen LogP contribution in [0.5, 0.6) is 0 Å². The number of benzene rings is 1. The van der Waals surface area contributed by atoms with Crippen molar-refractivity contribution in [3.63, 3.8) is 0 Å². The van der Waals surface area contributed by atoms with E-state index in [1.165, 1.54) is 12.8 Å². The Hall–Kier alpha value is -1.55. The minimum atomic E-state index is 0.138. The summed E-state index contributed by atoms with van der Waals surface area (Å²) in [4.78, 5) is 16.9. The van der Waals surface area contributed by atoms with Gasteiger partial charge in [0.1, 0.15) is 0 Å². The van der Waals surface area contributed by atoms with Gasteiger partial charge in [-0.1, -0.05) is 0 Å². The third-order valence-electron chi connectivity index (χ3n) is 4.18. The van der Waals surface area contributed by atoms with Crippen molar-refractivity contribution in [1.29, 1.82) is 0 Å². The number of aryl methyl sites for hydroxylation is 1. The molecule has 0 radical (unpaired) electrons. The molecule has 3 rings (SSSR count). The highest BCUT2D eigenvalue weighted by molar-refractivity contribution is 5.95. The molecule has 4 nitrogen and oxygen atoms in total. The van der Waals surface area contributed by atoms with E-state index in [2.05, 4.69) is 4.90 Å². The lowest BCUT2D eigenvalue weighted by Crippen LogP contribution is -2.49. The molecule has 1 saturated heterocycles. The average Bonchev–Trinajstić information content (AvgIpc) is 3.26. The minimum absolute atomic E-state index is 0.138. The van der Waals surface area contributed by atoms with E-state index in [4.69, 9.17) is 5.73 Å². The number of carbonyl (C=O) groups excluding carboxylic acids is 1. The molecule has 0 atom stereocenters. The van der Waals surface area contributed by atoms with Gasteiger partial charge in [0.2, 0.25) is 0 Å². The van der Waals surface area contributed by atoms with Crippen LogP contribution in [0.25, 0.3) is 0 Å². The van der Waals surface area contributed by atoms with E-state index in [0.717, 1.165) is 49.0 Å². The van der Waals surface area contributed by atoms with E-state index in [1.807, 2.05) is 30.0 Å². The summed E-state index contributed by atoms with van der Waals surface area (Å²) in [6.45, 7) is 5.67. The predicted molar refractivity (Wildman–Crippen MR) is 76.1 cm³/mol. The van der Waals surface area contributed by atoms with Crippen molar-refractivity contribution in [3.8, 4) is 0 Å². The lowest BCUT2D eigenvalue weighted by atomic mass is 10.1. The lowest BCUT2D eigenvalue weighted by Gasteiger charge is -2.34. The molecule has 4 heteroatoms. The Kier molecular flexibility index (Phi) is 3.19. The maximum absolute atomic E-state index is 12.4. The molecule has 1 aromatic carbocycles. The molecule has 1 aromatic rings. The van der Waals surface area contributed by atoms with Crippen molar-refractivity contribution in [3.05, 3.63) is 29.3 Å². The Labute approximate surface area is 114 Å². The van der Waals surface area contributed by atoms with Crippen LogP contribution in [0.2, 0.25) is 0 Å². The van der Waals surface area contributed by atoms with Crippen LogP contribution in [0.15, 0.2) is 18.2 Å². The molecule has 0 unspecified atom stereocenters. The quantitative estimate of drug-likeness (QED) is 0.819. The van der Waals surface area contributed by atoms with Crippen LogP contribution < -0.4 is 5.73 Å². The number of carbonyl (C=O) groups is 1. The minimum Gasteiger partial charge on any atom is -0.399 e. The fourth-order valence-corrected chi connectivity index (χ4v) is 2.72. The first-order valence-electron chi connectivity index (χ1n) is 7.04. The molecule has 0 bridgehead atoms. The van der Waals surface area contributed by atoms with E-state index < -0.39 is 0 Å². The molecule has 1 heterocycles. The summed E-state index contributed by atoms with van der Waals surface area (Å²) in [5.74, 6) is 0.138. The van der Waals surface area contributed by atoms with Gasteiger partial charge in [-0.25, -0.2) is 0 Å². The third kappa shape index (κ3) is 2.59. The molecule has 1 aliphatic heterocycles. The molecule has 19 heavy (non-hydrogen) atoms. The number of piperazine rings is 1. The predicted octanol–water partition coefficient (Wildman–Crippen LogP) is 1.50. The Balaban J connectivity index is 1.65. The summed E-state index contributed by atoms with van der Waals surface area (Å²) >= 11 is 0. The average molecular weight is 259 g/mol. The van der Waals surface area contributed by atoms with Gasteiger partial charge in [0, 0.05) is 43.5 Å². The second-order valence-corrected chi connectivity index (χ2v) is 5.63. The number of nitrogen functional groups attached to an aromatic ring is 1. The second kappa shape index (κ2) is 4.85. The number of hydrogen-bond donors (Lipinski definition) is 1. The van der Waals surface area contributed by atoms with Crippen molar-refractivity contribution < 1.29 is 4.79 Å². The Morgan fingerprint density at radius 1 is 1.21 bits per heavy atom. The largest absolute Gasteiger partial charge is 0.399 e. The van der Waals surface area contributed by atoms with Crippen LogP contribution in [0.4, 0.5) is 5.69 Å². The van der Waals surface area contributed by atoms with Gasteiger partial charge in [0.05, 0.1) is 0 Å². The van der Waals surface area contributed by atoms with E-state index in [1.54, 1.807) is 0 Å². The van der Waals surface area contributed by atoms with Crippen LogP contribution in [0, 0.1) is 6.92 Å². The van der Waals surface area contributed by atoms with E-state index in [0.29, 0.717) is 0 Å². The van der Waals surface area contributed by atoms with Crippen molar-refractivity contribution in [2.24, 2.45) is 0 Å². The van der Waals surface area contributed by atoms with Crippen molar-refractivity contribution in [1.82, 2.24) is 9.80 Å². The molecule has 0 spiro atoms. The summed E-state index contributed by atoms with van der Waals surface area (Å²) in [5.41, 5.74) is 8.27. The summed E-state index contributed by atoms with van der Waals surface area (Å²) < 4.78 is 0. The highest BCUT2D eigenvalue weighted by Crippen LogP contribution is 2.27. The van der Waals surface area contributed by atoms with Gasteiger partial charge < -0.3 is 10.6 Å². The molecular formula is C15H21N3O. The number of hydrogen-bond acceptors (Lipinski definition) is 3. The molecule has 2 aliphatic rings. The Morgan fingerprint density at radius 3 is 2.47 bits per heavy atom. The topological polar surface area (TPSA) is 49.6 Å². The molecule has 2 N–H and O–H groups in total. The van der Waals surface area contributed by atoms with Crippen molar-refractivity contribution >= 4 is 11.6 Å². The van der Waals surface area contributed by atoms with Gasteiger partial charge in [0.25, 0.3) is 5.91 Å². The van der Waals surface area contributed by atoms with Gasteiger partial charge in [-0.05, 0) is 43.5 Å². The monoisotopic (exact) mass is 259 g/mol. The normalized spacial score (nSPS) is 20.6. The summed E-state index contributed by atoms with van der Waals surface area (Å²) in [6.07, 6.45) is 2.68. The molecule has 1 amide bonds. The van der Waals surface area contributed by atoms with Gasteiger partial charge in [0.15, 0.2) is 0 Å². The summed E-state index contributed by atoms with van der Waals surface area (Å²) in [5, 5.41) is 0. The van der Waals surface area contributed by atoms with Crippen LogP contribution in [0.1, 0.15) is 28.8 Å². The lowest BCUT2D eigenvalue weighted by molar-refractivity contribution is 0.0627. The maximum atomic E-state index is 12.4. The zero-order valence-corrected chi connectivity index (χ0v) is 11.4. The van der Waals surface area contributed by atoms with E-state index in [9.17, 15) is 4.79 Å². The number of nitrogens with zero attached hydrogens (tertiary/aromatic N) is 2. The first kappa shape index (κ1) is 12.5.